The van der Waals surface area contributed by atoms with Crippen LogP contribution in [0.1, 0.15) is 20.8 Å². The van der Waals surface area contributed by atoms with Crippen LogP contribution in [-0.4, -0.2) is 60.9 Å². The van der Waals surface area contributed by atoms with E-state index >= 15 is 0 Å². The number of anilines is 1. The summed E-state index contributed by atoms with van der Waals surface area (Å²) >= 11 is 0. The second-order valence-electron chi connectivity index (χ2n) is 6.51. The lowest BCUT2D eigenvalue weighted by Gasteiger charge is -2.38. The highest BCUT2D eigenvalue weighted by molar-refractivity contribution is 5.87. The molecule has 168 valence electrons. The number of hydrogen-bond acceptors (Lipinski definition) is 10. The summed E-state index contributed by atoms with van der Waals surface area (Å²) in [6.07, 6.45) is -4.26. The van der Waals surface area contributed by atoms with E-state index in [0.717, 1.165) is 13.8 Å². The molecule has 12 nitrogen and oxygen atoms in total. The van der Waals surface area contributed by atoms with Crippen LogP contribution in [-0.2, 0) is 38.2 Å². The third-order valence-electron chi connectivity index (χ3n) is 3.97. The molecule has 2 rings (SSSR count). The fraction of sp³-hybridized carbons (Fsp3) is 0.421. The third kappa shape index (κ3) is 7.26. The van der Waals surface area contributed by atoms with Crippen LogP contribution in [0, 0.1) is 0 Å². The van der Waals surface area contributed by atoms with Crippen LogP contribution >= 0.6 is 0 Å². The Morgan fingerprint density at radius 1 is 1.00 bits per heavy atom. The SMILES string of the molecule is CC(=O)OCC1O/C(=N\OC(=O)Nc2ccccc2)C([NH3+])[C@@H](OC(C)=O)[C@H]1OC(C)=O. The van der Waals surface area contributed by atoms with E-state index in [0.29, 0.717) is 5.69 Å². The van der Waals surface area contributed by atoms with Crippen LogP contribution in [0.4, 0.5) is 10.5 Å². The molecule has 31 heavy (non-hydrogen) atoms. The number of benzene rings is 1. The van der Waals surface area contributed by atoms with Crippen LogP contribution in [0.3, 0.4) is 0 Å². The number of para-hydroxylation sites is 1. The minimum absolute atomic E-state index is 0.213. The molecule has 1 aliphatic rings. The molecule has 0 spiro atoms. The van der Waals surface area contributed by atoms with Crippen molar-refractivity contribution in [3.05, 3.63) is 30.3 Å². The van der Waals surface area contributed by atoms with Crippen molar-refractivity contribution >= 4 is 35.6 Å². The average molecular weight is 438 g/mol. The predicted molar refractivity (Wildman–Crippen MR) is 103 cm³/mol. The first-order valence-electron chi connectivity index (χ1n) is 9.25. The maximum Gasteiger partial charge on any atom is 0.437 e. The quantitative estimate of drug-likeness (QED) is 0.269. The normalized spacial score (nSPS) is 23.8. The molecule has 1 fully saturated rings. The molecule has 0 aliphatic carbocycles. The van der Waals surface area contributed by atoms with Gasteiger partial charge in [-0.2, -0.15) is 0 Å². The Morgan fingerprint density at radius 3 is 2.19 bits per heavy atom. The van der Waals surface area contributed by atoms with Crippen LogP contribution in [0.15, 0.2) is 35.5 Å². The summed E-state index contributed by atoms with van der Waals surface area (Å²) in [4.78, 5) is 51.2. The zero-order valence-corrected chi connectivity index (χ0v) is 17.2. The van der Waals surface area contributed by atoms with Gasteiger partial charge in [0.05, 0.1) is 0 Å². The largest absolute Gasteiger partial charge is 0.463 e. The summed E-state index contributed by atoms with van der Waals surface area (Å²) in [7, 11) is 0. The molecule has 0 aromatic heterocycles. The number of carbonyl (C=O) groups excluding carboxylic acids is 4. The van der Waals surface area contributed by atoms with E-state index in [9.17, 15) is 19.2 Å². The number of rotatable bonds is 6. The minimum atomic E-state index is -1.14. The number of carbonyl (C=O) groups is 4. The van der Waals surface area contributed by atoms with E-state index in [4.69, 9.17) is 23.8 Å². The number of ether oxygens (including phenoxy) is 4. The van der Waals surface area contributed by atoms with Crippen LogP contribution < -0.4 is 11.1 Å². The minimum Gasteiger partial charge on any atom is -0.463 e. The second kappa shape index (κ2) is 10.9. The standard InChI is InChI=1S/C19H23N3O9/c1-10(23)27-9-14-16(28-11(2)24)17(29-12(3)25)15(20)18(30-14)22-31-19(26)21-13-7-5-4-6-8-13/h4-8,14-17H,9,20H2,1-3H3,(H,21,26)/p+1/b22-18-/t14?,15?,16-,17+/m0/s1. The van der Waals surface area contributed by atoms with Crippen LogP contribution in [0.25, 0.3) is 0 Å². The van der Waals surface area contributed by atoms with Gasteiger partial charge in [0.15, 0.2) is 12.2 Å². The molecular formula is C19H24N3O9+. The van der Waals surface area contributed by atoms with E-state index in [1.54, 1.807) is 30.3 Å². The van der Waals surface area contributed by atoms with Crippen molar-refractivity contribution in [1.29, 1.82) is 0 Å². The van der Waals surface area contributed by atoms with Crippen molar-refractivity contribution in [3.63, 3.8) is 0 Å². The Hall–Kier alpha value is -3.67. The molecular weight excluding hydrogens is 414 g/mol. The Morgan fingerprint density at radius 2 is 1.61 bits per heavy atom. The lowest BCUT2D eigenvalue weighted by atomic mass is 9.97. The number of esters is 3. The smallest absolute Gasteiger partial charge is 0.437 e. The van der Waals surface area contributed by atoms with E-state index in [1.807, 2.05) is 0 Å². The maximum absolute atomic E-state index is 12.0. The van der Waals surface area contributed by atoms with Gasteiger partial charge in [0.25, 0.3) is 5.90 Å². The van der Waals surface area contributed by atoms with Crippen molar-refractivity contribution in [1.82, 2.24) is 0 Å². The lowest BCUT2D eigenvalue weighted by molar-refractivity contribution is -0.428. The number of nitrogens with one attached hydrogen (secondary N) is 1. The first-order valence-corrected chi connectivity index (χ1v) is 9.25. The van der Waals surface area contributed by atoms with E-state index in [-0.39, 0.29) is 12.5 Å². The zero-order valence-electron chi connectivity index (χ0n) is 17.2. The van der Waals surface area contributed by atoms with Crippen molar-refractivity contribution < 1.29 is 48.7 Å². The van der Waals surface area contributed by atoms with E-state index < -0.39 is 48.4 Å². The summed E-state index contributed by atoms with van der Waals surface area (Å²) in [5.74, 6) is -2.17. The molecule has 1 aliphatic heterocycles. The topological polar surface area (TPSA) is 166 Å². The summed E-state index contributed by atoms with van der Waals surface area (Å²) < 4.78 is 21.0. The van der Waals surface area contributed by atoms with Gasteiger partial charge >= 0.3 is 24.0 Å². The molecule has 1 aromatic rings. The van der Waals surface area contributed by atoms with Gasteiger partial charge in [-0.3, -0.25) is 24.5 Å². The van der Waals surface area contributed by atoms with E-state index in [1.165, 1.54) is 6.92 Å². The Labute approximate surface area is 177 Å². The number of hydrogen-bond donors (Lipinski definition) is 2. The van der Waals surface area contributed by atoms with Gasteiger partial charge in [-0.1, -0.05) is 18.2 Å². The molecule has 12 heteroatoms. The fourth-order valence-corrected chi connectivity index (χ4v) is 2.73. The Bertz CT molecular complexity index is 843. The van der Waals surface area contributed by atoms with Crippen molar-refractivity contribution in [2.24, 2.45) is 5.16 Å². The number of amides is 1. The van der Waals surface area contributed by atoms with Crippen molar-refractivity contribution in [2.75, 3.05) is 11.9 Å². The number of nitrogens with zero attached hydrogens (tertiary/aromatic N) is 1. The van der Waals surface area contributed by atoms with Crippen molar-refractivity contribution in [3.8, 4) is 0 Å². The van der Waals surface area contributed by atoms with Crippen molar-refractivity contribution in [2.45, 2.75) is 45.1 Å². The molecule has 0 radical (unpaired) electrons. The Balaban J connectivity index is 2.21. The molecule has 2 unspecified atom stereocenters. The highest BCUT2D eigenvalue weighted by Crippen LogP contribution is 2.23. The van der Waals surface area contributed by atoms with Gasteiger partial charge in [-0.15, -0.1) is 0 Å². The van der Waals surface area contributed by atoms with Crippen LogP contribution in [0.2, 0.25) is 0 Å². The zero-order chi connectivity index (χ0) is 23.0. The summed E-state index contributed by atoms with van der Waals surface area (Å²) in [6.45, 7) is 3.16. The monoisotopic (exact) mass is 438 g/mol. The Kier molecular flexibility index (Phi) is 8.32. The maximum atomic E-state index is 12.0. The molecule has 0 saturated carbocycles. The second-order valence-corrected chi connectivity index (χ2v) is 6.51. The highest BCUT2D eigenvalue weighted by atomic mass is 16.7. The molecule has 1 aromatic carbocycles. The number of oxime groups is 1. The van der Waals surface area contributed by atoms with Gasteiger partial charge in [-0.05, 0) is 17.3 Å². The fourth-order valence-electron chi connectivity index (χ4n) is 2.73. The third-order valence-corrected chi connectivity index (χ3v) is 3.97. The van der Waals surface area contributed by atoms with Gasteiger partial charge in [0, 0.05) is 26.5 Å². The summed E-state index contributed by atoms with van der Waals surface area (Å²) in [5.41, 5.74) is 4.29. The highest BCUT2D eigenvalue weighted by Gasteiger charge is 2.51. The summed E-state index contributed by atoms with van der Waals surface area (Å²) in [5, 5.41) is 6.11. The molecule has 0 bridgehead atoms. The molecule has 1 heterocycles. The molecule has 1 saturated heterocycles. The van der Waals surface area contributed by atoms with E-state index in [2.05, 4.69) is 16.2 Å². The molecule has 1 amide bonds. The number of quaternary nitrogens is 1. The van der Waals surface area contributed by atoms with Gasteiger partial charge in [-0.25, -0.2) is 4.79 Å². The lowest BCUT2D eigenvalue weighted by Crippen LogP contribution is -2.77. The van der Waals surface area contributed by atoms with Gasteiger partial charge < -0.3 is 24.7 Å². The predicted octanol–water partition coefficient (Wildman–Crippen LogP) is -0.0156. The molecule has 4 N–H and O–H groups in total. The van der Waals surface area contributed by atoms with Gasteiger partial charge in [0.1, 0.15) is 6.61 Å². The summed E-state index contributed by atoms with van der Waals surface area (Å²) in [6, 6.07) is 7.51. The molecule has 4 atom stereocenters. The first-order chi connectivity index (χ1) is 14.7. The average Bonchev–Trinajstić information content (AvgIpc) is 2.69. The first kappa shape index (κ1) is 23.6. The van der Waals surface area contributed by atoms with Crippen LogP contribution in [0.5, 0.6) is 0 Å². The van der Waals surface area contributed by atoms with Gasteiger partial charge in [0.2, 0.25) is 12.1 Å².